The molecule has 26 heavy (non-hydrogen) atoms. The van der Waals surface area contributed by atoms with E-state index in [0.29, 0.717) is 5.56 Å². The number of fused-ring (bicyclic) bond motifs is 1. The van der Waals surface area contributed by atoms with Crippen LogP contribution in [0.2, 0.25) is 0 Å². The number of hydrogen-bond acceptors (Lipinski definition) is 5. The van der Waals surface area contributed by atoms with Crippen molar-refractivity contribution in [3.63, 3.8) is 0 Å². The van der Waals surface area contributed by atoms with Crippen LogP contribution in [0.3, 0.4) is 0 Å². The van der Waals surface area contributed by atoms with Gasteiger partial charge in [-0.05, 0) is 29.8 Å². The number of hydrogen-bond donors (Lipinski definition) is 3. The van der Waals surface area contributed by atoms with Gasteiger partial charge in [-0.1, -0.05) is 12.1 Å². The summed E-state index contributed by atoms with van der Waals surface area (Å²) in [6, 6.07) is 8.43. The zero-order chi connectivity index (χ0) is 18.0. The summed E-state index contributed by atoms with van der Waals surface area (Å²) in [5.74, 6) is -3.01. The van der Waals surface area contributed by atoms with Crippen LogP contribution in [0.5, 0.6) is 5.75 Å². The van der Waals surface area contributed by atoms with Crippen molar-refractivity contribution in [2.45, 2.75) is 6.54 Å². The number of aromatic hydroxyl groups is 1. The monoisotopic (exact) mass is 364 g/mol. The minimum atomic E-state index is -1.34. The fraction of sp³-hybridized carbons (Fsp3) is 0.0588. The molecule has 2 aromatic heterocycles. The minimum Gasteiger partial charge on any atom is -0.504 e. The molecule has 3 rings (SSSR count). The third kappa shape index (κ3) is 3.98. The van der Waals surface area contributed by atoms with E-state index in [1.54, 1.807) is 0 Å². The Kier molecular flexibility index (Phi) is 6.25. The fourth-order valence-electron chi connectivity index (χ4n) is 2.31. The number of rotatable bonds is 4. The summed E-state index contributed by atoms with van der Waals surface area (Å²) in [6.07, 6.45) is 1.37. The maximum absolute atomic E-state index is 12.9. The molecule has 0 bridgehead atoms. The van der Waals surface area contributed by atoms with Gasteiger partial charge in [-0.2, -0.15) is 0 Å². The van der Waals surface area contributed by atoms with Gasteiger partial charge in [0.15, 0.2) is 17.1 Å². The largest absolute Gasteiger partial charge is 0.504 e. The second-order valence-electron chi connectivity index (χ2n) is 5.17. The van der Waals surface area contributed by atoms with E-state index in [2.05, 4.69) is 15.3 Å². The third-order valence-electron chi connectivity index (χ3n) is 3.52. The number of benzene rings is 1. The summed E-state index contributed by atoms with van der Waals surface area (Å²) in [4.78, 5) is 31.4. The average Bonchev–Trinajstić information content (AvgIpc) is 2.61. The molecule has 0 aliphatic heterocycles. The Labute approximate surface area is 169 Å². The van der Waals surface area contributed by atoms with Gasteiger partial charge in [0, 0.05) is 47.7 Å². The van der Waals surface area contributed by atoms with Crippen molar-refractivity contribution in [2.75, 3.05) is 0 Å². The number of aromatic carboxylic acids is 1. The molecule has 2 heterocycles. The number of pyridine rings is 2. The molecule has 0 saturated heterocycles. The quantitative estimate of drug-likeness (QED) is 0.608. The molecule has 0 atom stereocenters. The number of halogens is 1. The average molecular weight is 364 g/mol. The molecule has 1 aromatic carbocycles. The van der Waals surface area contributed by atoms with E-state index in [1.807, 2.05) is 0 Å². The Morgan fingerprint density at radius 2 is 1.81 bits per heavy atom. The van der Waals surface area contributed by atoms with Gasteiger partial charge in [0.1, 0.15) is 11.3 Å². The maximum Gasteiger partial charge on any atom is 0.355 e. The number of nitrogens with one attached hydrogen (secondary N) is 1. The Morgan fingerprint density at radius 1 is 1.12 bits per heavy atom. The van der Waals surface area contributed by atoms with E-state index >= 15 is 0 Å². The molecule has 127 valence electrons. The molecular formula is C17H12FN3NaO4. The SMILES string of the molecule is O=C(NCc1ccc(F)cc1)c1nc(C(=O)O)c2cccnc2c1O.[Na]. The van der Waals surface area contributed by atoms with Crippen molar-refractivity contribution in [3.8, 4) is 5.75 Å². The number of amides is 1. The number of aromatic nitrogens is 2. The molecule has 0 spiro atoms. The first-order valence-corrected chi connectivity index (χ1v) is 7.21. The number of carboxylic acids is 1. The van der Waals surface area contributed by atoms with E-state index in [4.69, 9.17) is 0 Å². The fourth-order valence-corrected chi connectivity index (χ4v) is 2.31. The summed E-state index contributed by atoms with van der Waals surface area (Å²) in [5, 5.41) is 22.1. The van der Waals surface area contributed by atoms with Gasteiger partial charge < -0.3 is 15.5 Å². The first kappa shape index (κ1) is 19.8. The Hall–Kier alpha value is -2.55. The second kappa shape index (κ2) is 8.22. The molecule has 1 amide bonds. The molecule has 0 unspecified atom stereocenters. The van der Waals surface area contributed by atoms with Crippen molar-refractivity contribution in [2.24, 2.45) is 0 Å². The van der Waals surface area contributed by atoms with Gasteiger partial charge in [-0.3, -0.25) is 9.78 Å². The van der Waals surface area contributed by atoms with E-state index < -0.39 is 29.1 Å². The molecule has 9 heteroatoms. The van der Waals surface area contributed by atoms with Crippen LogP contribution in [0.1, 0.15) is 26.5 Å². The van der Waals surface area contributed by atoms with Crippen molar-refractivity contribution in [1.29, 1.82) is 0 Å². The molecule has 0 fully saturated rings. The Morgan fingerprint density at radius 3 is 2.46 bits per heavy atom. The standard InChI is InChI=1S/C17H12FN3O4.Na/c18-10-5-3-9(4-6-10)8-20-16(23)14-15(22)12-11(2-1-7-19-12)13(21-14)17(24)25;/h1-7,22H,8H2,(H,20,23)(H,24,25);. The van der Waals surface area contributed by atoms with Crippen LogP contribution in [0, 0.1) is 5.82 Å². The topological polar surface area (TPSA) is 112 Å². The first-order valence-electron chi connectivity index (χ1n) is 7.21. The summed E-state index contributed by atoms with van der Waals surface area (Å²) >= 11 is 0. The smallest absolute Gasteiger partial charge is 0.355 e. The minimum absolute atomic E-state index is 0. The predicted octanol–water partition coefficient (Wildman–Crippen LogP) is 1.72. The van der Waals surface area contributed by atoms with Crippen molar-refractivity contribution < 1.29 is 24.2 Å². The van der Waals surface area contributed by atoms with Crippen molar-refractivity contribution in [1.82, 2.24) is 15.3 Å². The van der Waals surface area contributed by atoms with Gasteiger partial charge >= 0.3 is 5.97 Å². The zero-order valence-corrected chi connectivity index (χ0v) is 15.7. The second-order valence-corrected chi connectivity index (χ2v) is 5.17. The summed E-state index contributed by atoms with van der Waals surface area (Å²) in [5.41, 5.74) is -0.216. The van der Waals surface area contributed by atoms with E-state index in [-0.39, 0.29) is 52.7 Å². The predicted molar refractivity (Wildman–Crippen MR) is 91.5 cm³/mol. The van der Waals surface area contributed by atoms with Crippen LogP contribution in [-0.2, 0) is 6.54 Å². The van der Waals surface area contributed by atoms with Gasteiger partial charge in [0.25, 0.3) is 5.91 Å². The van der Waals surface area contributed by atoms with Crippen molar-refractivity contribution >= 4 is 52.3 Å². The van der Waals surface area contributed by atoms with Gasteiger partial charge in [-0.15, -0.1) is 0 Å². The molecule has 3 aromatic rings. The molecule has 3 N–H and O–H groups in total. The Balaban J connectivity index is 0.00000243. The molecule has 1 radical (unpaired) electrons. The maximum atomic E-state index is 12.9. The van der Waals surface area contributed by atoms with Crippen LogP contribution in [0.25, 0.3) is 10.9 Å². The first-order chi connectivity index (χ1) is 12.0. The molecule has 7 nitrogen and oxygen atoms in total. The van der Waals surface area contributed by atoms with Gasteiger partial charge in [-0.25, -0.2) is 14.2 Å². The number of carbonyl (C=O) groups excluding carboxylic acids is 1. The number of carbonyl (C=O) groups is 2. The van der Waals surface area contributed by atoms with Crippen molar-refractivity contribution in [3.05, 3.63) is 65.4 Å². The number of nitrogens with zero attached hydrogens (tertiary/aromatic N) is 2. The van der Waals surface area contributed by atoms with Gasteiger partial charge in [0.2, 0.25) is 0 Å². The molecule has 0 aliphatic rings. The van der Waals surface area contributed by atoms with Crippen LogP contribution in [0.4, 0.5) is 4.39 Å². The zero-order valence-electron chi connectivity index (χ0n) is 13.7. The van der Waals surface area contributed by atoms with Crippen LogP contribution >= 0.6 is 0 Å². The van der Waals surface area contributed by atoms with Crippen LogP contribution in [-0.4, -0.2) is 61.6 Å². The van der Waals surface area contributed by atoms with Gasteiger partial charge in [0.05, 0.1) is 0 Å². The normalized spacial score (nSPS) is 10.2. The molecular weight excluding hydrogens is 352 g/mol. The molecule has 0 saturated carbocycles. The number of carboxylic acid groups (broad SMARTS) is 1. The third-order valence-corrected chi connectivity index (χ3v) is 3.52. The summed E-state index contributed by atoms with van der Waals surface area (Å²) < 4.78 is 12.9. The van der Waals surface area contributed by atoms with E-state index in [0.717, 1.165) is 0 Å². The van der Waals surface area contributed by atoms with E-state index in [9.17, 15) is 24.2 Å². The van der Waals surface area contributed by atoms with E-state index in [1.165, 1.54) is 42.6 Å². The van der Waals surface area contributed by atoms with Crippen LogP contribution < -0.4 is 5.32 Å². The Bertz CT molecular complexity index is 980. The summed E-state index contributed by atoms with van der Waals surface area (Å²) in [6.45, 7) is 0.0584. The van der Waals surface area contributed by atoms with Crippen LogP contribution in [0.15, 0.2) is 42.6 Å². The molecule has 0 aliphatic carbocycles. The summed E-state index contributed by atoms with van der Waals surface area (Å²) in [7, 11) is 0.